The SMILES string of the molecule is O=C(C1CCCCCN1)N(Cc1ccc(F)cc1)C1CC1. The van der Waals surface area contributed by atoms with Crippen LogP contribution in [0.3, 0.4) is 0 Å². The molecule has 2 fully saturated rings. The molecule has 1 aromatic rings. The second kappa shape index (κ2) is 6.56. The lowest BCUT2D eigenvalue weighted by Crippen LogP contribution is -2.46. The van der Waals surface area contributed by atoms with E-state index in [0.717, 1.165) is 44.2 Å². The maximum atomic E-state index is 13.0. The van der Waals surface area contributed by atoms with Gasteiger partial charge in [0.15, 0.2) is 0 Å². The molecule has 4 heteroatoms. The van der Waals surface area contributed by atoms with Crippen LogP contribution in [0.15, 0.2) is 24.3 Å². The fourth-order valence-corrected chi connectivity index (χ4v) is 3.00. The van der Waals surface area contributed by atoms with Gasteiger partial charge in [-0.05, 0) is 49.9 Å². The average Bonchev–Trinajstić information content (AvgIpc) is 3.32. The Morgan fingerprint density at radius 1 is 1.14 bits per heavy atom. The van der Waals surface area contributed by atoms with E-state index in [1.165, 1.54) is 18.6 Å². The predicted octanol–water partition coefficient (Wildman–Crippen LogP) is 2.85. The molecule has 3 nitrogen and oxygen atoms in total. The Morgan fingerprint density at radius 3 is 2.62 bits per heavy atom. The van der Waals surface area contributed by atoms with E-state index in [1.807, 2.05) is 4.90 Å². The van der Waals surface area contributed by atoms with Gasteiger partial charge in [-0.25, -0.2) is 4.39 Å². The Morgan fingerprint density at radius 2 is 1.90 bits per heavy atom. The van der Waals surface area contributed by atoms with E-state index >= 15 is 0 Å². The van der Waals surface area contributed by atoms with Crippen LogP contribution in [0.4, 0.5) is 4.39 Å². The van der Waals surface area contributed by atoms with Crippen molar-refractivity contribution in [2.75, 3.05) is 6.54 Å². The maximum Gasteiger partial charge on any atom is 0.240 e. The normalized spacial score (nSPS) is 22.6. The third-order valence-electron chi connectivity index (χ3n) is 4.40. The number of nitrogens with one attached hydrogen (secondary N) is 1. The van der Waals surface area contributed by atoms with Gasteiger partial charge in [0.1, 0.15) is 5.82 Å². The van der Waals surface area contributed by atoms with Crippen LogP contribution in [0.2, 0.25) is 0 Å². The first-order valence-electron chi connectivity index (χ1n) is 8.02. The van der Waals surface area contributed by atoms with Crippen molar-refractivity contribution in [3.8, 4) is 0 Å². The molecule has 1 N–H and O–H groups in total. The van der Waals surface area contributed by atoms with Gasteiger partial charge in [0.05, 0.1) is 6.04 Å². The van der Waals surface area contributed by atoms with Crippen molar-refractivity contribution in [1.82, 2.24) is 10.2 Å². The van der Waals surface area contributed by atoms with Gasteiger partial charge in [-0.3, -0.25) is 4.79 Å². The molecule has 1 unspecified atom stereocenters. The van der Waals surface area contributed by atoms with Gasteiger partial charge in [-0.15, -0.1) is 0 Å². The number of benzene rings is 1. The quantitative estimate of drug-likeness (QED) is 0.925. The highest BCUT2D eigenvalue weighted by molar-refractivity contribution is 5.82. The van der Waals surface area contributed by atoms with Crippen LogP contribution in [0.1, 0.15) is 44.1 Å². The van der Waals surface area contributed by atoms with E-state index in [4.69, 9.17) is 0 Å². The summed E-state index contributed by atoms with van der Waals surface area (Å²) in [7, 11) is 0. The Bertz CT molecular complexity index is 476. The van der Waals surface area contributed by atoms with E-state index in [1.54, 1.807) is 12.1 Å². The molecule has 21 heavy (non-hydrogen) atoms. The molecule has 1 amide bonds. The van der Waals surface area contributed by atoms with Crippen LogP contribution in [-0.4, -0.2) is 29.4 Å². The minimum Gasteiger partial charge on any atom is -0.334 e. The average molecular weight is 290 g/mol. The summed E-state index contributed by atoms with van der Waals surface area (Å²) in [6.45, 7) is 1.54. The van der Waals surface area contributed by atoms with Gasteiger partial charge in [0, 0.05) is 12.6 Å². The number of carbonyl (C=O) groups is 1. The molecule has 0 spiro atoms. The Labute approximate surface area is 125 Å². The molecular formula is C17H23FN2O. The molecule has 0 aromatic heterocycles. The summed E-state index contributed by atoms with van der Waals surface area (Å²) in [4.78, 5) is 14.8. The van der Waals surface area contributed by atoms with Gasteiger partial charge in [0.2, 0.25) is 5.91 Å². The summed E-state index contributed by atoms with van der Waals surface area (Å²) in [5.41, 5.74) is 1.00. The van der Waals surface area contributed by atoms with Gasteiger partial charge >= 0.3 is 0 Å². The summed E-state index contributed by atoms with van der Waals surface area (Å²) < 4.78 is 13.0. The van der Waals surface area contributed by atoms with Crippen molar-refractivity contribution in [1.29, 1.82) is 0 Å². The lowest BCUT2D eigenvalue weighted by molar-refractivity contribution is -0.134. The largest absolute Gasteiger partial charge is 0.334 e. The molecule has 114 valence electrons. The van der Waals surface area contributed by atoms with E-state index in [0.29, 0.717) is 12.6 Å². The predicted molar refractivity (Wildman–Crippen MR) is 80.2 cm³/mol. The van der Waals surface area contributed by atoms with Crippen molar-refractivity contribution in [2.45, 2.75) is 57.2 Å². The Hall–Kier alpha value is -1.42. The van der Waals surface area contributed by atoms with Crippen molar-refractivity contribution < 1.29 is 9.18 Å². The minimum absolute atomic E-state index is 0.0338. The number of rotatable bonds is 4. The topological polar surface area (TPSA) is 32.3 Å². The molecule has 1 aliphatic carbocycles. The lowest BCUT2D eigenvalue weighted by atomic mass is 10.1. The number of carbonyl (C=O) groups excluding carboxylic acids is 1. The second-order valence-electron chi connectivity index (χ2n) is 6.18. The highest BCUT2D eigenvalue weighted by atomic mass is 19.1. The van der Waals surface area contributed by atoms with Crippen LogP contribution in [0.5, 0.6) is 0 Å². The number of nitrogens with zero attached hydrogens (tertiary/aromatic N) is 1. The molecule has 1 aromatic carbocycles. The first-order chi connectivity index (χ1) is 10.2. The molecule has 1 saturated carbocycles. The van der Waals surface area contributed by atoms with Gasteiger partial charge in [-0.2, -0.15) is 0 Å². The summed E-state index contributed by atoms with van der Waals surface area (Å²) in [5, 5.41) is 3.39. The summed E-state index contributed by atoms with van der Waals surface area (Å²) in [5.74, 6) is -0.00258. The zero-order chi connectivity index (χ0) is 14.7. The molecule has 2 aliphatic rings. The molecular weight excluding hydrogens is 267 g/mol. The van der Waals surface area contributed by atoms with E-state index in [2.05, 4.69) is 5.32 Å². The minimum atomic E-state index is -0.228. The molecule has 3 rings (SSSR count). The summed E-state index contributed by atoms with van der Waals surface area (Å²) >= 11 is 0. The number of hydrogen-bond acceptors (Lipinski definition) is 2. The summed E-state index contributed by atoms with van der Waals surface area (Å²) in [6, 6.07) is 6.83. The highest BCUT2D eigenvalue weighted by Gasteiger charge is 2.35. The zero-order valence-electron chi connectivity index (χ0n) is 12.4. The maximum absolute atomic E-state index is 13.0. The van der Waals surface area contributed by atoms with Gasteiger partial charge in [0.25, 0.3) is 0 Å². The molecule has 1 atom stereocenters. The van der Waals surface area contributed by atoms with E-state index < -0.39 is 0 Å². The van der Waals surface area contributed by atoms with Crippen molar-refractivity contribution in [2.24, 2.45) is 0 Å². The van der Waals surface area contributed by atoms with Crippen molar-refractivity contribution >= 4 is 5.91 Å². The molecule has 1 aliphatic heterocycles. The molecule has 0 radical (unpaired) electrons. The number of hydrogen-bond donors (Lipinski definition) is 1. The lowest BCUT2D eigenvalue weighted by Gasteiger charge is -2.27. The fraction of sp³-hybridized carbons (Fsp3) is 0.588. The second-order valence-corrected chi connectivity index (χ2v) is 6.18. The Kier molecular flexibility index (Phi) is 4.54. The number of amides is 1. The highest BCUT2D eigenvalue weighted by Crippen LogP contribution is 2.29. The zero-order valence-corrected chi connectivity index (χ0v) is 12.4. The molecule has 1 heterocycles. The third-order valence-corrected chi connectivity index (χ3v) is 4.40. The van der Waals surface area contributed by atoms with Crippen LogP contribution in [0.25, 0.3) is 0 Å². The van der Waals surface area contributed by atoms with Gasteiger partial charge in [-0.1, -0.05) is 25.0 Å². The fourth-order valence-electron chi connectivity index (χ4n) is 3.00. The van der Waals surface area contributed by atoms with Crippen molar-refractivity contribution in [3.63, 3.8) is 0 Å². The third kappa shape index (κ3) is 3.82. The standard InChI is InChI=1S/C17H23FN2O/c18-14-7-5-13(6-8-14)12-20(15-9-10-15)17(21)16-4-2-1-3-11-19-16/h5-8,15-16,19H,1-4,9-12H2. The van der Waals surface area contributed by atoms with Crippen LogP contribution < -0.4 is 5.32 Å². The smallest absolute Gasteiger partial charge is 0.240 e. The molecule has 1 saturated heterocycles. The summed E-state index contributed by atoms with van der Waals surface area (Å²) in [6.07, 6.45) is 6.62. The monoisotopic (exact) mass is 290 g/mol. The van der Waals surface area contributed by atoms with Crippen LogP contribution in [0, 0.1) is 5.82 Å². The van der Waals surface area contributed by atoms with E-state index in [-0.39, 0.29) is 17.8 Å². The number of halogens is 1. The first kappa shape index (κ1) is 14.5. The van der Waals surface area contributed by atoms with Crippen LogP contribution in [-0.2, 0) is 11.3 Å². The van der Waals surface area contributed by atoms with Crippen molar-refractivity contribution in [3.05, 3.63) is 35.6 Å². The molecule has 0 bridgehead atoms. The van der Waals surface area contributed by atoms with Gasteiger partial charge < -0.3 is 10.2 Å². The van der Waals surface area contributed by atoms with Crippen LogP contribution >= 0.6 is 0 Å². The Balaban J connectivity index is 1.68. The first-order valence-corrected chi connectivity index (χ1v) is 8.02. The van der Waals surface area contributed by atoms with E-state index in [9.17, 15) is 9.18 Å².